The van der Waals surface area contributed by atoms with E-state index in [4.69, 9.17) is 16.3 Å². The first kappa shape index (κ1) is 20.8. The first-order valence-electron chi connectivity index (χ1n) is 8.96. The molecule has 1 N–H and O–H groups in total. The Balaban J connectivity index is 1.69. The summed E-state index contributed by atoms with van der Waals surface area (Å²) in [5.41, 5.74) is 1.61. The van der Waals surface area contributed by atoms with Gasteiger partial charge in [-0.3, -0.25) is 9.48 Å². The lowest BCUT2D eigenvalue weighted by Gasteiger charge is -2.26. The van der Waals surface area contributed by atoms with Crippen molar-refractivity contribution in [2.75, 3.05) is 31.6 Å². The molecular weight excluding hydrogens is 404 g/mol. The molecule has 0 radical (unpaired) electrons. The zero-order valence-corrected chi connectivity index (χ0v) is 17.4. The van der Waals surface area contributed by atoms with E-state index in [1.165, 1.54) is 4.31 Å². The number of carbonyl (C=O) groups excluding carboxylic acids is 1. The molecule has 2 heterocycles. The molecule has 0 saturated carbocycles. The van der Waals surface area contributed by atoms with Crippen molar-refractivity contribution >= 4 is 33.2 Å². The van der Waals surface area contributed by atoms with Gasteiger partial charge in [0.15, 0.2) is 0 Å². The molecule has 152 valence electrons. The second-order valence-corrected chi connectivity index (χ2v) is 8.86. The molecule has 1 aliphatic rings. The summed E-state index contributed by atoms with van der Waals surface area (Å²) in [6, 6.07) is 6.83. The smallest absolute Gasteiger partial charge is 0.246 e. The zero-order valence-electron chi connectivity index (χ0n) is 15.8. The number of benzene rings is 1. The van der Waals surface area contributed by atoms with E-state index in [0.29, 0.717) is 48.4 Å². The van der Waals surface area contributed by atoms with Gasteiger partial charge in [-0.2, -0.15) is 9.40 Å². The predicted molar refractivity (Wildman–Crippen MR) is 106 cm³/mol. The van der Waals surface area contributed by atoms with Crippen molar-refractivity contribution in [1.29, 1.82) is 0 Å². The second kappa shape index (κ2) is 8.60. The zero-order chi connectivity index (χ0) is 20.3. The highest BCUT2D eigenvalue weighted by Crippen LogP contribution is 2.24. The normalized spacial score (nSPS) is 15.5. The first-order valence-corrected chi connectivity index (χ1v) is 10.8. The molecule has 0 aliphatic carbocycles. The van der Waals surface area contributed by atoms with Crippen molar-refractivity contribution < 1.29 is 17.9 Å². The van der Waals surface area contributed by atoms with Gasteiger partial charge >= 0.3 is 0 Å². The van der Waals surface area contributed by atoms with Gasteiger partial charge in [0.2, 0.25) is 15.9 Å². The predicted octanol–water partition coefficient (Wildman–Crippen LogP) is 2.20. The largest absolute Gasteiger partial charge is 0.379 e. The molecule has 0 bridgehead atoms. The molecule has 3 rings (SSSR count). The molecule has 1 amide bonds. The Morgan fingerprint density at radius 2 is 1.86 bits per heavy atom. The molecule has 1 aliphatic heterocycles. The summed E-state index contributed by atoms with van der Waals surface area (Å²) in [5, 5.41) is 7.72. The molecule has 2 aromatic rings. The summed E-state index contributed by atoms with van der Waals surface area (Å²) in [6.45, 7) is 5.10. The highest BCUT2D eigenvalue weighted by Gasteiger charge is 2.32. The fraction of sp³-hybridized carbons (Fsp3) is 0.444. The van der Waals surface area contributed by atoms with E-state index >= 15 is 0 Å². The summed E-state index contributed by atoms with van der Waals surface area (Å²) in [7, 11) is -3.64. The molecule has 1 fully saturated rings. The van der Waals surface area contributed by atoms with Crippen LogP contribution in [-0.4, -0.2) is 54.7 Å². The van der Waals surface area contributed by atoms with Crippen LogP contribution >= 0.6 is 11.6 Å². The van der Waals surface area contributed by atoms with Gasteiger partial charge in [-0.25, -0.2) is 8.42 Å². The number of amides is 1. The van der Waals surface area contributed by atoms with Crippen molar-refractivity contribution in [3.05, 3.63) is 40.7 Å². The Labute approximate surface area is 169 Å². The summed E-state index contributed by atoms with van der Waals surface area (Å²) in [5.74, 6) is -0.188. The Morgan fingerprint density at radius 1 is 1.21 bits per heavy atom. The Bertz CT molecular complexity index is 951. The molecule has 1 aromatic carbocycles. The third kappa shape index (κ3) is 4.54. The van der Waals surface area contributed by atoms with Crippen LogP contribution < -0.4 is 5.32 Å². The molecule has 1 aromatic heterocycles. The number of aromatic nitrogens is 2. The summed E-state index contributed by atoms with van der Waals surface area (Å²) < 4.78 is 34.2. The summed E-state index contributed by atoms with van der Waals surface area (Å²) in [6.07, 6.45) is 0.168. The van der Waals surface area contributed by atoms with E-state index < -0.39 is 10.0 Å². The van der Waals surface area contributed by atoms with Crippen molar-refractivity contribution in [3.8, 4) is 0 Å². The number of carbonyl (C=O) groups is 1. The Hall–Kier alpha value is -1.94. The van der Waals surface area contributed by atoms with Crippen LogP contribution in [0.25, 0.3) is 0 Å². The van der Waals surface area contributed by atoms with Gasteiger partial charge < -0.3 is 10.1 Å². The van der Waals surface area contributed by atoms with Crippen molar-refractivity contribution in [1.82, 2.24) is 14.1 Å². The highest BCUT2D eigenvalue weighted by molar-refractivity contribution is 7.89. The molecule has 1 saturated heterocycles. The van der Waals surface area contributed by atoms with Crippen molar-refractivity contribution in [3.63, 3.8) is 0 Å². The van der Waals surface area contributed by atoms with Gasteiger partial charge in [0.05, 0.1) is 31.1 Å². The topological polar surface area (TPSA) is 93.5 Å². The van der Waals surface area contributed by atoms with Gasteiger partial charge in [0.1, 0.15) is 4.90 Å². The fourth-order valence-electron chi connectivity index (χ4n) is 3.15. The van der Waals surface area contributed by atoms with Gasteiger partial charge in [-0.1, -0.05) is 11.6 Å². The summed E-state index contributed by atoms with van der Waals surface area (Å²) >= 11 is 5.83. The summed E-state index contributed by atoms with van der Waals surface area (Å²) in [4.78, 5) is 12.4. The monoisotopic (exact) mass is 426 g/mol. The fourth-order valence-corrected chi connectivity index (χ4v) is 5.06. The van der Waals surface area contributed by atoms with Crippen LogP contribution in [0, 0.1) is 13.8 Å². The minimum absolute atomic E-state index is 0.168. The third-order valence-electron chi connectivity index (χ3n) is 4.56. The number of nitrogens with one attached hydrogen (secondary N) is 1. The lowest BCUT2D eigenvalue weighted by atomic mass is 10.3. The number of hydrogen-bond acceptors (Lipinski definition) is 5. The van der Waals surface area contributed by atoms with E-state index in [-0.39, 0.29) is 23.8 Å². The number of aryl methyl sites for hydroxylation is 2. The van der Waals surface area contributed by atoms with Gasteiger partial charge in [-0.05, 0) is 38.1 Å². The maximum Gasteiger partial charge on any atom is 0.246 e. The molecule has 28 heavy (non-hydrogen) atoms. The van der Waals surface area contributed by atoms with Crippen LogP contribution in [0.2, 0.25) is 5.02 Å². The van der Waals surface area contributed by atoms with E-state index in [1.807, 2.05) is 0 Å². The van der Waals surface area contributed by atoms with Crippen LogP contribution in [0.1, 0.15) is 17.8 Å². The third-order valence-corrected chi connectivity index (χ3v) is 6.97. The Kier molecular flexibility index (Phi) is 6.39. The van der Waals surface area contributed by atoms with E-state index in [1.54, 1.807) is 42.8 Å². The van der Waals surface area contributed by atoms with Gasteiger partial charge in [0, 0.05) is 30.2 Å². The number of ether oxygens (including phenoxy) is 1. The molecule has 10 heteroatoms. The average molecular weight is 427 g/mol. The number of nitrogens with zero attached hydrogens (tertiary/aromatic N) is 3. The maximum atomic E-state index is 13.0. The number of halogens is 1. The SMILES string of the molecule is Cc1nn(CCC(=O)Nc2ccc(Cl)cc2)c(C)c1S(=O)(=O)N1CCOCC1. The Morgan fingerprint density at radius 3 is 2.50 bits per heavy atom. The van der Waals surface area contributed by atoms with Gasteiger partial charge in [0.25, 0.3) is 0 Å². The van der Waals surface area contributed by atoms with E-state index in [0.717, 1.165) is 0 Å². The number of sulfonamides is 1. The van der Waals surface area contributed by atoms with E-state index in [2.05, 4.69) is 10.4 Å². The maximum absolute atomic E-state index is 13.0. The molecule has 0 spiro atoms. The lowest BCUT2D eigenvalue weighted by molar-refractivity contribution is -0.116. The van der Waals surface area contributed by atoms with Crippen molar-refractivity contribution in [2.45, 2.75) is 31.7 Å². The van der Waals surface area contributed by atoms with Gasteiger partial charge in [-0.15, -0.1) is 0 Å². The van der Waals surface area contributed by atoms with Crippen LogP contribution in [0.3, 0.4) is 0 Å². The standard InChI is InChI=1S/C18H23ClN4O4S/c1-13-18(28(25,26)22-9-11-27-12-10-22)14(2)23(21-13)8-7-17(24)20-16-5-3-15(19)4-6-16/h3-6H,7-12H2,1-2H3,(H,20,24). The first-order chi connectivity index (χ1) is 13.3. The molecule has 0 unspecified atom stereocenters. The highest BCUT2D eigenvalue weighted by atomic mass is 35.5. The van der Waals surface area contributed by atoms with Crippen molar-refractivity contribution in [2.24, 2.45) is 0 Å². The second-order valence-electron chi connectivity index (χ2n) is 6.54. The van der Waals surface area contributed by atoms with Crippen LogP contribution in [0.15, 0.2) is 29.2 Å². The molecule has 8 nitrogen and oxygen atoms in total. The van der Waals surface area contributed by atoms with Crippen LogP contribution in [0.5, 0.6) is 0 Å². The minimum Gasteiger partial charge on any atom is -0.379 e. The molecule has 0 atom stereocenters. The number of hydrogen-bond donors (Lipinski definition) is 1. The van der Waals surface area contributed by atoms with Crippen LogP contribution in [0.4, 0.5) is 5.69 Å². The number of anilines is 1. The van der Waals surface area contributed by atoms with E-state index in [9.17, 15) is 13.2 Å². The minimum atomic E-state index is -3.64. The lowest BCUT2D eigenvalue weighted by Crippen LogP contribution is -2.41. The number of morpholine rings is 1. The van der Waals surface area contributed by atoms with Crippen LogP contribution in [-0.2, 0) is 26.1 Å². The molecular formula is C18H23ClN4O4S. The quantitative estimate of drug-likeness (QED) is 0.764. The number of rotatable bonds is 6. The average Bonchev–Trinajstić information content (AvgIpc) is 2.96.